The number of hydrogen-bond acceptors (Lipinski definition) is 4. The second kappa shape index (κ2) is 11.5. The van der Waals surface area contributed by atoms with E-state index in [2.05, 4.69) is 142 Å². The lowest BCUT2D eigenvalue weighted by atomic mass is 9.95. The van der Waals surface area contributed by atoms with E-state index in [4.69, 9.17) is 0 Å². The number of benzene rings is 5. The quantitative estimate of drug-likeness (QED) is 0.188. The lowest BCUT2D eigenvalue weighted by Gasteiger charge is -2.20. The summed E-state index contributed by atoms with van der Waals surface area (Å²) in [6.07, 6.45) is 4.06. The van der Waals surface area contributed by atoms with Crippen LogP contribution in [-0.2, 0) is 0 Å². The predicted molar refractivity (Wildman–Crippen MR) is 177 cm³/mol. The highest BCUT2D eigenvalue weighted by Crippen LogP contribution is 2.38. The molecule has 1 aliphatic rings. The van der Waals surface area contributed by atoms with Crippen LogP contribution in [0.1, 0.15) is 11.1 Å². The summed E-state index contributed by atoms with van der Waals surface area (Å²) in [6, 6.07) is 48.7. The molecule has 42 heavy (non-hydrogen) atoms. The lowest BCUT2D eigenvalue weighted by molar-refractivity contribution is 1.19. The van der Waals surface area contributed by atoms with Gasteiger partial charge in [0.05, 0.1) is 0 Å². The van der Waals surface area contributed by atoms with Crippen LogP contribution in [0.25, 0.3) is 27.8 Å². The van der Waals surface area contributed by atoms with Crippen molar-refractivity contribution >= 4 is 34.1 Å². The zero-order valence-corrected chi connectivity index (χ0v) is 23.1. The first-order chi connectivity index (χ1) is 20.8. The molecular weight excluding hydrogens is 512 g/mol. The Balaban J connectivity index is 1.25. The van der Waals surface area contributed by atoms with Gasteiger partial charge >= 0.3 is 0 Å². The number of fused-ring (bicyclic) bond motifs is 1. The van der Waals surface area contributed by atoms with Crippen LogP contribution < -0.4 is 16.0 Å². The average molecular weight is 543 g/mol. The Labute approximate surface area is 246 Å². The number of para-hydroxylation sites is 2. The second-order valence-electron chi connectivity index (χ2n) is 10.3. The third-order valence-corrected chi connectivity index (χ3v) is 7.52. The molecule has 0 aliphatic carbocycles. The molecule has 202 valence electrons. The van der Waals surface area contributed by atoms with Gasteiger partial charge in [-0.25, -0.2) is 4.98 Å². The van der Waals surface area contributed by atoms with E-state index in [1.807, 2.05) is 30.5 Å². The van der Waals surface area contributed by atoms with Gasteiger partial charge in [0.15, 0.2) is 0 Å². The first-order valence-electron chi connectivity index (χ1n) is 14.2. The van der Waals surface area contributed by atoms with Crippen molar-refractivity contribution in [3.05, 3.63) is 163 Å². The maximum Gasteiger partial charge on any atom is 0.134 e. The highest BCUT2D eigenvalue weighted by atomic mass is 15.0. The maximum atomic E-state index is 4.52. The fourth-order valence-corrected chi connectivity index (χ4v) is 5.51. The number of aromatic nitrogens is 1. The largest absolute Gasteiger partial charge is 0.366 e. The van der Waals surface area contributed by atoms with E-state index in [1.165, 1.54) is 5.57 Å². The Morgan fingerprint density at radius 3 is 2.07 bits per heavy atom. The molecule has 3 N–H and O–H groups in total. The average Bonchev–Trinajstić information content (AvgIpc) is 3.06. The zero-order chi connectivity index (χ0) is 28.1. The fourth-order valence-electron chi connectivity index (χ4n) is 5.51. The van der Waals surface area contributed by atoms with Crippen LogP contribution in [0.15, 0.2) is 152 Å². The van der Waals surface area contributed by atoms with Gasteiger partial charge in [-0.05, 0) is 76.9 Å². The number of anilines is 5. The highest BCUT2D eigenvalue weighted by Gasteiger charge is 2.16. The minimum Gasteiger partial charge on any atom is -0.366 e. The summed E-state index contributed by atoms with van der Waals surface area (Å²) < 4.78 is 0. The minimum atomic E-state index is 0.761. The van der Waals surface area contributed by atoms with Gasteiger partial charge in [0.25, 0.3) is 0 Å². The normalized spacial score (nSPS) is 12.0. The van der Waals surface area contributed by atoms with E-state index in [1.54, 1.807) is 0 Å². The number of pyridine rings is 1. The summed E-state index contributed by atoms with van der Waals surface area (Å²) in [6.45, 7) is 0.761. The van der Waals surface area contributed by atoms with Crippen LogP contribution >= 0.6 is 0 Å². The van der Waals surface area contributed by atoms with Gasteiger partial charge in [0.2, 0.25) is 0 Å². The molecule has 0 saturated carbocycles. The molecule has 1 aromatic heterocycles. The molecule has 2 heterocycles. The Morgan fingerprint density at radius 1 is 0.500 bits per heavy atom. The molecular formula is C38H30N4. The third kappa shape index (κ3) is 5.26. The Morgan fingerprint density at radius 2 is 1.19 bits per heavy atom. The second-order valence-corrected chi connectivity index (χ2v) is 10.3. The van der Waals surface area contributed by atoms with Crippen molar-refractivity contribution in [3.63, 3.8) is 0 Å². The summed E-state index contributed by atoms with van der Waals surface area (Å²) in [5.74, 6) is 0.928. The summed E-state index contributed by atoms with van der Waals surface area (Å²) in [4.78, 5) is 4.52. The molecule has 5 aromatic carbocycles. The van der Waals surface area contributed by atoms with Crippen molar-refractivity contribution in [1.29, 1.82) is 0 Å². The summed E-state index contributed by atoms with van der Waals surface area (Å²) >= 11 is 0. The van der Waals surface area contributed by atoms with E-state index >= 15 is 0 Å². The molecule has 6 aromatic rings. The van der Waals surface area contributed by atoms with Gasteiger partial charge in [0.1, 0.15) is 5.82 Å². The number of nitrogens with one attached hydrogen (secondary N) is 3. The van der Waals surface area contributed by atoms with Gasteiger partial charge in [-0.3, -0.25) is 0 Å². The Hall–Kier alpha value is -5.61. The van der Waals surface area contributed by atoms with E-state index < -0.39 is 0 Å². The molecule has 0 radical (unpaired) electrons. The predicted octanol–water partition coefficient (Wildman–Crippen LogP) is 9.76. The first-order valence-corrected chi connectivity index (χ1v) is 14.2. The van der Waals surface area contributed by atoms with E-state index in [0.29, 0.717) is 0 Å². The van der Waals surface area contributed by atoms with E-state index in [-0.39, 0.29) is 0 Å². The van der Waals surface area contributed by atoms with Crippen molar-refractivity contribution in [2.75, 3.05) is 22.5 Å². The van der Waals surface area contributed by atoms with Crippen LogP contribution in [0.4, 0.5) is 28.6 Å². The van der Waals surface area contributed by atoms with Crippen LogP contribution in [0.5, 0.6) is 0 Å². The van der Waals surface area contributed by atoms with Crippen LogP contribution in [0.3, 0.4) is 0 Å². The summed E-state index contributed by atoms with van der Waals surface area (Å²) in [7, 11) is 0. The number of nitrogens with zero attached hydrogens (tertiary/aromatic N) is 1. The molecule has 0 unspecified atom stereocenters. The lowest BCUT2D eigenvalue weighted by Crippen LogP contribution is -2.10. The molecule has 0 amide bonds. The SMILES string of the molecule is C1=C(c2cccc(Nc3ccc(-c4ccccc4Nc4ccccc4)cc3-c3ccccc3)c2)c2cccnc2NC1. The number of hydrogen-bond donors (Lipinski definition) is 3. The van der Waals surface area contributed by atoms with Crippen LogP contribution in [-0.4, -0.2) is 11.5 Å². The van der Waals surface area contributed by atoms with Crippen molar-refractivity contribution in [2.24, 2.45) is 0 Å². The van der Waals surface area contributed by atoms with Crippen molar-refractivity contribution in [3.8, 4) is 22.3 Å². The molecule has 0 saturated heterocycles. The maximum absolute atomic E-state index is 4.52. The van der Waals surface area contributed by atoms with Gasteiger partial charge < -0.3 is 16.0 Å². The van der Waals surface area contributed by atoms with Gasteiger partial charge in [0, 0.05) is 52.2 Å². The van der Waals surface area contributed by atoms with Gasteiger partial charge in [-0.2, -0.15) is 0 Å². The molecule has 4 heteroatoms. The molecule has 7 rings (SSSR count). The minimum absolute atomic E-state index is 0.761. The van der Waals surface area contributed by atoms with Crippen molar-refractivity contribution < 1.29 is 0 Å². The molecule has 0 spiro atoms. The van der Waals surface area contributed by atoms with E-state index in [9.17, 15) is 0 Å². The smallest absolute Gasteiger partial charge is 0.134 e. The Bertz CT molecular complexity index is 1880. The summed E-state index contributed by atoms with van der Waals surface area (Å²) in [5.41, 5.74) is 12.3. The first kappa shape index (κ1) is 25.4. The third-order valence-electron chi connectivity index (χ3n) is 7.52. The highest BCUT2D eigenvalue weighted by molar-refractivity contribution is 5.91. The number of rotatable bonds is 7. The van der Waals surface area contributed by atoms with Gasteiger partial charge in [-0.1, -0.05) is 91.0 Å². The van der Waals surface area contributed by atoms with Crippen LogP contribution in [0, 0.1) is 0 Å². The molecule has 0 fully saturated rings. The fraction of sp³-hybridized carbons (Fsp3) is 0.0263. The summed E-state index contributed by atoms with van der Waals surface area (Å²) in [5, 5.41) is 10.7. The van der Waals surface area contributed by atoms with Crippen LogP contribution in [0.2, 0.25) is 0 Å². The molecule has 4 nitrogen and oxygen atoms in total. The van der Waals surface area contributed by atoms with Crippen molar-refractivity contribution in [2.45, 2.75) is 0 Å². The zero-order valence-electron chi connectivity index (χ0n) is 23.1. The topological polar surface area (TPSA) is 49.0 Å². The van der Waals surface area contributed by atoms with Crippen molar-refractivity contribution in [1.82, 2.24) is 4.98 Å². The Kier molecular flexibility index (Phi) is 6.93. The molecule has 0 bridgehead atoms. The molecule has 1 aliphatic heterocycles. The standard InChI is InChI=1S/C38H30N4/c1-3-11-27(12-4-1)35-26-29(33-17-7-8-19-36(33)41-30-14-5-2-6-15-30)20-21-37(35)42-31-16-9-13-28(25-31)32-22-24-40-38-34(32)18-10-23-39-38/h1-23,25-26,41-42H,24H2,(H,39,40). The molecule has 0 atom stereocenters. The monoisotopic (exact) mass is 542 g/mol. The van der Waals surface area contributed by atoms with E-state index in [0.717, 1.165) is 68.5 Å². The van der Waals surface area contributed by atoms with Gasteiger partial charge in [-0.15, -0.1) is 0 Å².